The van der Waals surface area contributed by atoms with Crippen molar-refractivity contribution in [2.45, 2.75) is 64.6 Å². The van der Waals surface area contributed by atoms with E-state index in [1.165, 1.54) is 0 Å². The number of hydrogen-bond acceptors (Lipinski definition) is 6. The highest BCUT2D eigenvalue weighted by molar-refractivity contribution is 5.94. The van der Waals surface area contributed by atoms with Gasteiger partial charge in [0.1, 0.15) is 12.2 Å². The molecule has 29 heavy (non-hydrogen) atoms. The molecule has 3 atom stereocenters. The Hall–Kier alpha value is -2.09. The molecular formula is C21H31N3O5. The Labute approximate surface area is 171 Å². The number of amides is 2. The Balaban J connectivity index is 1.57. The van der Waals surface area contributed by atoms with Crippen LogP contribution < -0.4 is 0 Å². The van der Waals surface area contributed by atoms with Gasteiger partial charge in [0.25, 0.3) is 0 Å². The van der Waals surface area contributed by atoms with Gasteiger partial charge in [0, 0.05) is 31.7 Å². The molecule has 3 fully saturated rings. The second-order valence-corrected chi connectivity index (χ2v) is 9.96. The summed E-state index contributed by atoms with van der Waals surface area (Å²) in [6.45, 7) is 9.57. The molecule has 0 aromatic heterocycles. The first-order chi connectivity index (χ1) is 13.5. The summed E-state index contributed by atoms with van der Waals surface area (Å²) in [5.74, 6) is -0.263. The van der Waals surface area contributed by atoms with Crippen molar-refractivity contribution in [2.24, 2.45) is 5.41 Å². The van der Waals surface area contributed by atoms with Crippen LogP contribution in [0.2, 0.25) is 0 Å². The largest absolute Gasteiger partial charge is 0.456 e. The maximum atomic E-state index is 13.5. The predicted octanol–water partition coefficient (Wildman–Crippen LogP) is 1.75. The van der Waals surface area contributed by atoms with Gasteiger partial charge < -0.3 is 19.3 Å². The third-order valence-electron chi connectivity index (χ3n) is 6.61. The van der Waals surface area contributed by atoms with E-state index >= 15 is 0 Å². The molecule has 8 nitrogen and oxygen atoms in total. The summed E-state index contributed by atoms with van der Waals surface area (Å²) in [5.41, 5.74) is 0.203. The molecule has 0 saturated carbocycles. The fourth-order valence-electron chi connectivity index (χ4n) is 5.40. The van der Waals surface area contributed by atoms with Crippen LogP contribution in [0.3, 0.4) is 0 Å². The highest BCUT2D eigenvalue weighted by Gasteiger charge is 2.57. The molecule has 2 bridgehead atoms. The average Bonchev–Trinajstić information content (AvgIpc) is 3.06. The maximum Gasteiger partial charge on any atom is 0.410 e. The number of hydrogen-bond donors (Lipinski definition) is 0. The Bertz CT molecular complexity index is 768. The molecule has 4 rings (SSSR count). The summed E-state index contributed by atoms with van der Waals surface area (Å²) in [5, 5.41) is 0. The lowest BCUT2D eigenvalue weighted by Crippen LogP contribution is -2.66. The van der Waals surface area contributed by atoms with Gasteiger partial charge >= 0.3 is 12.1 Å². The Morgan fingerprint density at radius 2 is 1.79 bits per heavy atom. The number of carbonyl (C=O) groups is 3. The van der Waals surface area contributed by atoms with Crippen LogP contribution in [0.5, 0.6) is 0 Å². The normalized spacial score (nSPS) is 33.0. The number of cyclic esters (lactones) is 1. The molecule has 4 heterocycles. The van der Waals surface area contributed by atoms with Gasteiger partial charge in [-0.2, -0.15) is 0 Å². The van der Waals surface area contributed by atoms with Gasteiger partial charge in [0.2, 0.25) is 5.91 Å². The average molecular weight is 405 g/mol. The number of ether oxygens (including phenoxy) is 2. The number of nitrogens with zero attached hydrogens (tertiary/aromatic N) is 3. The summed E-state index contributed by atoms with van der Waals surface area (Å²) >= 11 is 0. The van der Waals surface area contributed by atoms with Crippen LogP contribution in [-0.2, 0) is 19.1 Å². The van der Waals surface area contributed by atoms with Crippen molar-refractivity contribution in [3.8, 4) is 0 Å². The lowest BCUT2D eigenvalue weighted by atomic mass is 9.69. The number of fused-ring (bicyclic) bond motifs is 2. The number of likely N-dealkylation sites (N-methyl/N-ethyl adjacent to an activating group) is 1. The summed E-state index contributed by atoms with van der Waals surface area (Å²) in [4.78, 5) is 44.0. The van der Waals surface area contributed by atoms with E-state index in [0.717, 1.165) is 19.5 Å². The van der Waals surface area contributed by atoms with Gasteiger partial charge in [0.15, 0.2) is 0 Å². The fraction of sp³-hybridized carbons (Fsp3) is 0.762. The van der Waals surface area contributed by atoms with Crippen LogP contribution in [-0.4, -0.2) is 83.6 Å². The number of carbonyl (C=O) groups excluding carboxylic acids is 3. The molecule has 0 aromatic carbocycles. The summed E-state index contributed by atoms with van der Waals surface area (Å²) < 4.78 is 10.8. The molecule has 0 aromatic rings. The molecule has 4 aliphatic rings. The molecule has 1 spiro atoms. The van der Waals surface area contributed by atoms with E-state index in [1.54, 1.807) is 11.8 Å². The van der Waals surface area contributed by atoms with Gasteiger partial charge in [-0.05, 0) is 54.0 Å². The second kappa shape index (κ2) is 6.72. The van der Waals surface area contributed by atoms with Crippen LogP contribution in [0, 0.1) is 5.41 Å². The smallest absolute Gasteiger partial charge is 0.410 e. The molecule has 0 N–H and O–H groups in total. The number of piperidine rings is 1. The zero-order chi connectivity index (χ0) is 21.1. The standard InChI is InChI=1S/C21H31N3O5/c1-13-16(12-28-17(13)25)23-7-6-21(18(23)26)8-14-10-22(5)11-15(9-21)24(14)19(27)29-20(2,3)4/h14-15H,6-12H2,1-5H3/t14-,15+,21-. The Morgan fingerprint density at radius 1 is 1.17 bits per heavy atom. The number of likely N-dealkylation sites (tertiary alicyclic amines) is 2. The van der Waals surface area contributed by atoms with Gasteiger partial charge in [-0.15, -0.1) is 0 Å². The minimum atomic E-state index is -0.550. The van der Waals surface area contributed by atoms with Crippen molar-refractivity contribution in [3.05, 3.63) is 11.3 Å². The van der Waals surface area contributed by atoms with Gasteiger partial charge in [-0.3, -0.25) is 9.69 Å². The molecule has 2 amide bonds. The van der Waals surface area contributed by atoms with E-state index in [1.807, 2.05) is 25.7 Å². The van der Waals surface area contributed by atoms with E-state index in [0.29, 0.717) is 30.7 Å². The Kier molecular flexibility index (Phi) is 4.68. The Morgan fingerprint density at radius 3 is 2.31 bits per heavy atom. The van der Waals surface area contributed by atoms with Crippen molar-refractivity contribution in [2.75, 3.05) is 33.3 Å². The number of rotatable bonds is 1. The minimum Gasteiger partial charge on any atom is -0.456 e. The van der Waals surface area contributed by atoms with Crippen LogP contribution >= 0.6 is 0 Å². The van der Waals surface area contributed by atoms with E-state index < -0.39 is 11.0 Å². The van der Waals surface area contributed by atoms with Crippen molar-refractivity contribution in [1.29, 1.82) is 0 Å². The van der Waals surface area contributed by atoms with Crippen molar-refractivity contribution in [3.63, 3.8) is 0 Å². The summed E-state index contributed by atoms with van der Waals surface area (Å²) in [6, 6.07) is -0.106. The minimum absolute atomic E-state index is 0.0530. The molecule has 8 heteroatoms. The predicted molar refractivity (Wildman–Crippen MR) is 105 cm³/mol. The zero-order valence-electron chi connectivity index (χ0n) is 18.0. The fourth-order valence-corrected chi connectivity index (χ4v) is 5.40. The summed E-state index contributed by atoms with van der Waals surface area (Å²) in [6.07, 6.45) is 1.72. The molecular weight excluding hydrogens is 374 g/mol. The van der Waals surface area contributed by atoms with Crippen LogP contribution in [0.4, 0.5) is 4.79 Å². The number of piperazine rings is 1. The van der Waals surface area contributed by atoms with Crippen molar-refractivity contribution >= 4 is 18.0 Å². The van der Waals surface area contributed by atoms with Gasteiger partial charge in [-0.25, -0.2) is 9.59 Å². The SMILES string of the molecule is CC1=C(N2CC[C@@]3(C[C@H]4CN(C)C[C@@H](C3)N4C(=O)OC(C)(C)C)C2=O)COC1=O. The van der Waals surface area contributed by atoms with E-state index in [9.17, 15) is 14.4 Å². The molecule has 0 unspecified atom stereocenters. The highest BCUT2D eigenvalue weighted by atomic mass is 16.6. The third kappa shape index (κ3) is 3.41. The lowest BCUT2D eigenvalue weighted by Gasteiger charge is -2.53. The first kappa shape index (κ1) is 20.2. The van der Waals surface area contributed by atoms with E-state index in [2.05, 4.69) is 11.9 Å². The first-order valence-electron chi connectivity index (χ1n) is 10.4. The topological polar surface area (TPSA) is 79.4 Å². The molecule has 0 aliphatic carbocycles. The highest BCUT2D eigenvalue weighted by Crippen LogP contribution is 2.49. The van der Waals surface area contributed by atoms with Crippen LogP contribution in [0.25, 0.3) is 0 Å². The maximum absolute atomic E-state index is 13.5. The van der Waals surface area contributed by atoms with E-state index in [-0.39, 0.29) is 36.7 Å². The molecule has 0 radical (unpaired) electrons. The van der Waals surface area contributed by atoms with Crippen molar-refractivity contribution < 1.29 is 23.9 Å². The first-order valence-corrected chi connectivity index (χ1v) is 10.4. The third-order valence-corrected chi connectivity index (χ3v) is 6.61. The van der Waals surface area contributed by atoms with Crippen LogP contribution in [0.1, 0.15) is 47.0 Å². The molecule has 160 valence electrons. The zero-order valence-corrected chi connectivity index (χ0v) is 18.0. The van der Waals surface area contributed by atoms with E-state index in [4.69, 9.17) is 9.47 Å². The lowest BCUT2D eigenvalue weighted by molar-refractivity contribution is -0.143. The quantitative estimate of drug-likeness (QED) is 0.619. The van der Waals surface area contributed by atoms with Crippen molar-refractivity contribution in [1.82, 2.24) is 14.7 Å². The summed E-state index contributed by atoms with van der Waals surface area (Å²) in [7, 11) is 2.06. The second-order valence-electron chi connectivity index (χ2n) is 9.96. The van der Waals surface area contributed by atoms with Crippen LogP contribution in [0.15, 0.2) is 11.3 Å². The van der Waals surface area contributed by atoms with Gasteiger partial charge in [0.05, 0.1) is 16.7 Å². The molecule has 3 saturated heterocycles. The van der Waals surface area contributed by atoms with Gasteiger partial charge in [-0.1, -0.05) is 0 Å². The monoisotopic (exact) mass is 405 g/mol. The number of esters is 1. The molecule has 4 aliphatic heterocycles.